The van der Waals surface area contributed by atoms with E-state index >= 15 is 0 Å². The fraction of sp³-hybridized carbons (Fsp3) is 0.133. The molecule has 4 nitrogen and oxygen atoms in total. The summed E-state index contributed by atoms with van der Waals surface area (Å²) < 4.78 is 26.2. The molecule has 0 bridgehead atoms. The molecule has 0 amide bonds. The first-order valence-corrected chi connectivity index (χ1v) is 6.53. The van der Waals surface area contributed by atoms with Gasteiger partial charge in [0.1, 0.15) is 11.6 Å². The van der Waals surface area contributed by atoms with Gasteiger partial charge in [0.05, 0.1) is 23.1 Å². The number of nitrogens with zero attached hydrogens (tertiary/aromatic N) is 1. The highest BCUT2D eigenvalue weighted by Gasteiger charge is 2.04. The third kappa shape index (κ3) is 2.94. The van der Waals surface area contributed by atoms with Crippen LogP contribution >= 0.6 is 0 Å². The van der Waals surface area contributed by atoms with Crippen LogP contribution in [0.3, 0.4) is 0 Å². The van der Waals surface area contributed by atoms with E-state index in [1.54, 1.807) is 6.20 Å². The van der Waals surface area contributed by atoms with Crippen LogP contribution in [-0.2, 0) is 6.42 Å². The Bertz CT molecular complexity index is 762. The van der Waals surface area contributed by atoms with Crippen LogP contribution in [0, 0.1) is 11.6 Å². The second-order valence-corrected chi connectivity index (χ2v) is 4.85. The van der Waals surface area contributed by atoms with E-state index in [2.05, 4.69) is 15.5 Å². The summed E-state index contributed by atoms with van der Waals surface area (Å²) in [5, 5.41) is 10.9. The van der Waals surface area contributed by atoms with Crippen molar-refractivity contribution in [1.29, 1.82) is 0 Å². The Hall–Kier alpha value is -2.63. The van der Waals surface area contributed by atoms with Crippen molar-refractivity contribution < 1.29 is 8.78 Å². The number of hydrogen-bond donors (Lipinski definition) is 3. The normalized spacial score (nSPS) is 11.0. The fourth-order valence-electron chi connectivity index (χ4n) is 2.26. The molecule has 3 rings (SSSR count). The second kappa shape index (κ2) is 5.40. The van der Waals surface area contributed by atoms with Crippen molar-refractivity contribution in [2.45, 2.75) is 6.42 Å². The first-order chi connectivity index (χ1) is 10.1. The zero-order valence-corrected chi connectivity index (χ0v) is 11.2. The number of nitrogens with two attached hydrogens (primary N) is 1. The highest BCUT2D eigenvalue weighted by Crippen LogP contribution is 2.24. The van der Waals surface area contributed by atoms with Gasteiger partial charge in [-0.1, -0.05) is 0 Å². The van der Waals surface area contributed by atoms with Crippen molar-refractivity contribution in [2.24, 2.45) is 0 Å². The monoisotopic (exact) mass is 288 g/mol. The average Bonchev–Trinajstić information content (AvgIpc) is 2.84. The molecule has 1 aromatic heterocycles. The molecule has 0 spiro atoms. The molecule has 108 valence electrons. The molecule has 0 aliphatic carbocycles. The van der Waals surface area contributed by atoms with Gasteiger partial charge in [0.15, 0.2) is 0 Å². The van der Waals surface area contributed by atoms with Crippen molar-refractivity contribution in [3.05, 3.63) is 53.7 Å². The number of hydrogen-bond acceptors (Lipinski definition) is 3. The van der Waals surface area contributed by atoms with Crippen molar-refractivity contribution in [1.82, 2.24) is 10.2 Å². The number of rotatable bonds is 4. The molecule has 21 heavy (non-hydrogen) atoms. The lowest BCUT2D eigenvalue weighted by atomic mass is 10.1. The summed E-state index contributed by atoms with van der Waals surface area (Å²) in [5.74, 6) is -1.13. The topological polar surface area (TPSA) is 66.7 Å². The zero-order chi connectivity index (χ0) is 14.8. The fourth-order valence-corrected chi connectivity index (χ4v) is 2.26. The first-order valence-electron chi connectivity index (χ1n) is 6.53. The molecule has 6 heteroatoms. The summed E-state index contributed by atoms with van der Waals surface area (Å²) in [4.78, 5) is 0. The lowest BCUT2D eigenvalue weighted by molar-refractivity contribution is 0.580. The summed E-state index contributed by atoms with van der Waals surface area (Å²) in [6, 6.07) is 7.20. The summed E-state index contributed by atoms with van der Waals surface area (Å²) in [6.45, 7) is 0.521. The van der Waals surface area contributed by atoms with Gasteiger partial charge < -0.3 is 11.1 Å². The van der Waals surface area contributed by atoms with Crippen molar-refractivity contribution >= 4 is 22.3 Å². The maximum atomic E-state index is 13.1. The van der Waals surface area contributed by atoms with Gasteiger partial charge >= 0.3 is 0 Å². The minimum Gasteiger partial charge on any atom is -0.397 e. The number of anilines is 2. The molecule has 0 fully saturated rings. The highest BCUT2D eigenvalue weighted by molar-refractivity contribution is 5.88. The van der Waals surface area contributed by atoms with E-state index in [4.69, 9.17) is 5.73 Å². The van der Waals surface area contributed by atoms with Crippen molar-refractivity contribution in [2.75, 3.05) is 17.6 Å². The number of aromatic nitrogens is 2. The Labute approximate surface area is 120 Å². The van der Waals surface area contributed by atoms with Crippen LogP contribution in [0.2, 0.25) is 0 Å². The highest BCUT2D eigenvalue weighted by atomic mass is 19.1. The van der Waals surface area contributed by atoms with Gasteiger partial charge in [0.2, 0.25) is 0 Å². The molecular formula is C15H14F2N4. The molecule has 2 aromatic carbocycles. The van der Waals surface area contributed by atoms with Crippen LogP contribution < -0.4 is 11.1 Å². The summed E-state index contributed by atoms with van der Waals surface area (Å²) in [5.41, 5.74) is 8.80. The molecular weight excluding hydrogens is 274 g/mol. The van der Waals surface area contributed by atoms with Crippen LogP contribution in [0.25, 0.3) is 10.9 Å². The van der Waals surface area contributed by atoms with Gasteiger partial charge in [0, 0.05) is 18.0 Å². The van der Waals surface area contributed by atoms with E-state index in [0.29, 0.717) is 24.2 Å². The Morgan fingerprint density at radius 1 is 1.10 bits per heavy atom. The van der Waals surface area contributed by atoms with Gasteiger partial charge in [0.25, 0.3) is 0 Å². The third-order valence-electron chi connectivity index (χ3n) is 3.26. The third-order valence-corrected chi connectivity index (χ3v) is 3.26. The van der Waals surface area contributed by atoms with Crippen molar-refractivity contribution in [3.8, 4) is 0 Å². The predicted octanol–water partition coefficient (Wildman–Crippen LogP) is 3.08. The smallest absolute Gasteiger partial charge is 0.126 e. The van der Waals surface area contributed by atoms with Crippen molar-refractivity contribution in [3.63, 3.8) is 0 Å². The van der Waals surface area contributed by atoms with Gasteiger partial charge in [-0.3, -0.25) is 5.10 Å². The van der Waals surface area contributed by atoms with Crippen LogP contribution in [-0.4, -0.2) is 16.7 Å². The molecule has 0 unspecified atom stereocenters. The number of halogens is 2. The van der Waals surface area contributed by atoms with E-state index in [1.165, 1.54) is 12.1 Å². The summed E-state index contributed by atoms with van der Waals surface area (Å²) >= 11 is 0. The maximum Gasteiger partial charge on any atom is 0.126 e. The maximum absolute atomic E-state index is 13.1. The van der Waals surface area contributed by atoms with Gasteiger partial charge in [-0.15, -0.1) is 0 Å². The quantitative estimate of drug-likeness (QED) is 0.646. The van der Waals surface area contributed by atoms with E-state index in [1.807, 2.05) is 12.1 Å². The average molecular weight is 288 g/mol. The zero-order valence-electron chi connectivity index (χ0n) is 11.2. The SMILES string of the molecule is Nc1cc2cn[nH]c2cc1NCCc1cc(F)cc(F)c1. The predicted molar refractivity (Wildman–Crippen MR) is 79.1 cm³/mol. The van der Waals surface area contributed by atoms with E-state index < -0.39 is 11.6 Å². The standard InChI is InChI=1S/C15H14F2N4/c16-11-3-9(4-12(17)6-11)1-2-19-15-7-14-10(5-13(15)18)8-20-21-14/h3-8,19H,1-2,18H2,(H,20,21). The molecule has 3 aromatic rings. The van der Waals surface area contributed by atoms with Crippen LogP contribution in [0.4, 0.5) is 20.2 Å². The summed E-state index contributed by atoms with van der Waals surface area (Å²) in [6.07, 6.45) is 2.19. The van der Waals surface area contributed by atoms with Crippen LogP contribution in [0.15, 0.2) is 36.5 Å². The Balaban J connectivity index is 1.70. The number of aromatic amines is 1. The molecule has 0 radical (unpaired) electrons. The number of benzene rings is 2. The summed E-state index contributed by atoms with van der Waals surface area (Å²) in [7, 11) is 0. The lowest BCUT2D eigenvalue weighted by Gasteiger charge is -2.10. The first kappa shape index (κ1) is 13.4. The number of nitrogen functional groups attached to an aromatic ring is 1. The number of H-pyrrole nitrogens is 1. The molecule has 0 aliphatic rings. The van der Waals surface area contributed by atoms with Gasteiger partial charge in [-0.25, -0.2) is 8.78 Å². The minimum absolute atomic E-state index is 0.495. The van der Waals surface area contributed by atoms with E-state index in [9.17, 15) is 8.78 Å². The van der Waals surface area contributed by atoms with Gasteiger partial charge in [-0.2, -0.15) is 5.10 Å². The molecule has 0 saturated carbocycles. The molecule has 0 atom stereocenters. The Morgan fingerprint density at radius 3 is 2.62 bits per heavy atom. The number of fused-ring (bicyclic) bond motifs is 1. The van der Waals surface area contributed by atoms with E-state index in [-0.39, 0.29) is 0 Å². The Morgan fingerprint density at radius 2 is 1.86 bits per heavy atom. The van der Waals surface area contributed by atoms with Crippen LogP contribution in [0.5, 0.6) is 0 Å². The Kier molecular flexibility index (Phi) is 3.43. The second-order valence-electron chi connectivity index (χ2n) is 4.85. The lowest BCUT2D eigenvalue weighted by Crippen LogP contribution is -2.07. The van der Waals surface area contributed by atoms with Crippen LogP contribution in [0.1, 0.15) is 5.56 Å². The molecule has 0 saturated heterocycles. The minimum atomic E-state index is -0.566. The molecule has 0 aliphatic heterocycles. The molecule has 4 N–H and O–H groups in total. The molecule has 1 heterocycles. The van der Waals surface area contributed by atoms with Gasteiger partial charge in [-0.05, 0) is 36.2 Å². The largest absolute Gasteiger partial charge is 0.397 e. The number of nitrogens with one attached hydrogen (secondary N) is 2. The van der Waals surface area contributed by atoms with E-state index in [0.717, 1.165) is 22.7 Å².